The van der Waals surface area contributed by atoms with Crippen molar-refractivity contribution in [3.8, 4) is 0 Å². The molecule has 7 nitrogen and oxygen atoms in total. The summed E-state index contributed by atoms with van der Waals surface area (Å²) in [5.74, 6) is -0.640. The van der Waals surface area contributed by atoms with E-state index in [0.717, 1.165) is 12.8 Å². The maximum Gasteiger partial charge on any atom is 0.408 e. The van der Waals surface area contributed by atoms with E-state index in [4.69, 9.17) is 10.5 Å². The van der Waals surface area contributed by atoms with Gasteiger partial charge in [0.25, 0.3) is 0 Å². The number of nitrogens with one attached hydrogen (secondary N) is 2. The lowest BCUT2D eigenvalue weighted by atomic mass is 10.00. The third kappa shape index (κ3) is 12.7. The molecule has 0 bridgehead atoms. The van der Waals surface area contributed by atoms with Crippen LogP contribution in [0.1, 0.15) is 92.9 Å². The van der Waals surface area contributed by atoms with Gasteiger partial charge in [0.1, 0.15) is 11.6 Å². The zero-order chi connectivity index (χ0) is 21.7. The average Bonchev–Trinajstić information content (AvgIpc) is 2.58. The molecule has 7 heteroatoms. The summed E-state index contributed by atoms with van der Waals surface area (Å²) < 4.78 is 5.12. The summed E-state index contributed by atoms with van der Waals surface area (Å²) >= 11 is 0. The fourth-order valence-corrected chi connectivity index (χ4v) is 2.74. The lowest BCUT2D eigenvalue weighted by molar-refractivity contribution is -0.129. The Bertz CT molecular complexity index is 489. The lowest BCUT2D eigenvalue weighted by Gasteiger charge is -2.23. The Morgan fingerprint density at radius 2 is 1.43 bits per heavy atom. The van der Waals surface area contributed by atoms with Crippen molar-refractivity contribution in [3.63, 3.8) is 0 Å². The first kappa shape index (κ1) is 26.4. The third-order valence-electron chi connectivity index (χ3n) is 4.40. The second-order valence-corrected chi connectivity index (χ2v) is 8.52. The molecule has 0 radical (unpaired) electrons. The number of hydrogen-bond acceptors (Lipinski definition) is 5. The highest BCUT2D eigenvalue weighted by Gasteiger charge is 2.25. The predicted molar refractivity (Wildman–Crippen MR) is 112 cm³/mol. The van der Waals surface area contributed by atoms with Crippen molar-refractivity contribution in [3.05, 3.63) is 0 Å². The number of rotatable bonds is 13. The Labute approximate surface area is 170 Å². The second kappa shape index (κ2) is 13.5. The van der Waals surface area contributed by atoms with E-state index in [1.165, 1.54) is 39.0 Å². The van der Waals surface area contributed by atoms with Gasteiger partial charge in [-0.05, 0) is 41.0 Å². The van der Waals surface area contributed by atoms with Crippen LogP contribution >= 0.6 is 0 Å². The molecular formula is C21H41N3O4. The molecule has 0 saturated heterocycles. The van der Waals surface area contributed by atoms with Crippen molar-refractivity contribution in [2.24, 2.45) is 5.73 Å². The molecule has 0 aliphatic rings. The minimum absolute atomic E-state index is 0.191. The Hall–Kier alpha value is -1.63. The van der Waals surface area contributed by atoms with Gasteiger partial charge in [-0.3, -0.25) is 9.59 Å². The molecule has 3 atom stereocenters. The summed E-state index contributed by atoms with van der Waals surface area (Å²) in [5.41, 5.74) is 5.35. The summed E-state index contributed by atoms with van der Waals surface area (Å²) in [6.45, 7) is 10.6. The van der Waals surface area contributed by atoms with Crippen LogP contribution in [-0.4, -0.2) is 41.5 Å². The van der Waals surface area contributed by atoms with Crippen molar-refractivity contribution < 1.29 is 19.1 Å². The van der Waals surface area contributed by atoms with Crippen LogP contribution in [0.5, 0.6) is 0 Å². The van der Waals surface area contributed by atoms with Crippen LogP contribution in [0.4, 0.5) is 4.79 Å². The first-order valence-corrected chi connectivity index (χ1v) is 10.6. The number of alkyl carbamates (subject to hydrolysis) is 1. The molecule has 0 aliphatic heterocycles. The number of ether oxygens (including phenoxy) is 1. The molecular weight excluding hydrogens is 358 g/mol. The van der Waals surface area contributed by atoms with Gasteiger partial charge in [-0.25, -0.2) is 4.79 Å². The fraction of sp³-hybridized carbons (Fsp3) is 0.857. The van der Waals surface area contributed by atoms with Gasteiger partial charge in [-0.2, -0.15) is 0 Å². The zero-order valence-electron chi connectivity index (χ0n) is 18.6. The Kier molecular flexibility index (Phi) is 12.7. The van der Waals surface area contributed by atoms with Gasteiger partial charge in [0, 0.05) is 0 Å². The second-order valence-electron chi connectivity index (χ2n) is 8.52. The van der Waals surface area contributed by atoms with E-state index in [0.29, 0.717) is 6.42 Å². The first-order valence-electron chi connectivity index (χ1n) is 10.6. The normalized spacial score (nSPS) is 14.7. The molecule has 0 aromatic rings. The monoisotopic (exact) mass is 399 g/mol. The molecule has 2 amide bonds. The minimum Gasteiger partial charge on any atom is -0.444 e. The van der Waals surface area contributed by atoms with Crippen molar-refractivity contribution in [2.45, 2.75) is 117 Å². The quantitative estimate of drug-likeness (QED) is 0.411. The van der Waals surface area contributed by atoms with E-state index in [-0.39, 0.29) is 5.78 Å². The van der Waals surface area contributed by atoms with E-state index in [2.05, 4.69) is 17.6 Å². The summed E-state index contributed by atoms with van der Waals surface area (Å²) in [4.78, 5) is 36.3. The molecule has 0 fully saturated rings. The first-order chi connectivity index (χ1) is 13.0. The summed E-state index contributed by atoms with van der Waals surface area (Å²) in [6, 6.07) is -2.10. The van der Waals surface area contributed by atoms with Gasteiger partial charge >= 0.3 is 6.09 Å². The lowest BCUT2D eigenvalue weighted by Crippen LogP contribution is -2.52. The summed E-state index contributed by atoms with van der Waals surface area (Å²) in [6.07, 6.45) is 8.10. The van der Waals surface area contributed by atoms with E-state index in [9.17, 15) is 14.4 Å². The van der Waals surface area contributed by atoms with Gasteiger partial charge in [-0.15, -0.1) is 0 Å². The maximum absolute atomic E-state index is 12.4. The smallest absolute Gasteiger partial charge is 0.408 e. The molecule has 0 rings (SSSR count). The number of hydrogen-bond donors (Lipinski definition) is 3. The van der Waals surface area contributed by atoms with E-state index in [1.54, 1.807) is 27.7 Å². The molecule has 0 saturated carbocycles. The molecule has 0 aliphatic carbocycles. The fourth-order valence-electron chi connectivity index (χ4n) is 2.74. The summed E-state index contributed by atoms with van der Waals surface area (Å²) in [5, 5.41) is 5.07. The van der Waals surface area contributed by atoms with Crippen LogP contribution < -0.4 is 16.4 Å². The van der Waals surface area contributed by atoms with Crippen LogP contribution in [0, 0.1) is 0 Å². The molecule has 4 N–H and O–H groups in total. The average molecular weight is 400 g/mol. The van der Waals surface area contributed by atoms with Crippen LogP contribution in [0.15, 0.2) is 0 Å². The van der Waals surface area contributed by atoms with Gasteiger partial charge in [0.15, 0.2) is 5.78 Å². The van der Waals surface area contributed by atoms with Gasteiger partial charge in [0.05, 0.1) is 12.1 Å². The van der Waals surface area contributed by atoms with Gasteiger partial charge in [-0.1, -0.05) is 51.9 Å². The number of Topliss-reactive ketones (excluding diaryl/α,β-unsaturated/α-hetero) is 1. The molecule has 28 heavy (non-hydrogen) atoms. The number of nitrogens with two attached hydrogens (primary N) is 1. The van der Waals surface area contributed by atoms with Crippen LogP contribution in [0.2, 0.25) is 0 Å². The van der Waals surface area contributed by atoms with Gasteiger partial charge < -0.3 is 21.1 Å². The summed E-state index contributed by atoms with van der Waals surface area (Å²) in [7, 11) is 0. The van der Waals surface area contributed by atoms with E-state index < -0.39 is 35.7 Å². The Morgan fingerprint density at radius 1 is 0.893 bits per heavy atom. The van der Waals surface area contributed by atoms with Crippen molar-refractivity contribution in [2.75, 3.05) is 0 Å². The van der Waals surface area contributed by atoms with E-state index >= 15 is 0 Å². The number of ketones is 1. The standard InChI is InChI=1S/C21H41N3O4/c1-7-8-9-10-11-12-13-14-17(22)18(25)15(2)23-19(26)16(3)24-20(27)28-21(4,5)6/h15-17H,7-14,22H2,1-6H3,(H,23,26)(H,24,27)/t15-,16-,17?/m0/s1. The highest BCUT2D eigenvalue weighted by molar-refractivity contribution is 5.94. The Morgan fingerprint density at radius 3 is 1.96 bits per heavy atom. The largest absolute Gasteiger partial charge is 0.444 e. The molecule has 0 heterocycles. The molecule has 0 spiro atoms. The predicted octanol–water partition coefficient (Wildman–Crippen LogP) is 3.44. The van der Waals surface area contributed by atoms with Crippen LogP contribution in [-0.2, 0) is 14.3 Å². The minimum atomic E-state index is -0.815. The van der Waals surface area contributed by atoms with E-state index in [1.807, 2.05) is 0 Å². The zero-order valence-corrected chi connectivity index (χ0v) is 18.6. The number of unbranched alkanes of at least 4 members (excludes halogenated alkanes) is 6. The number of carbonyl (C=O) groups excluding carboxylic acids is 3. The highest BCUT2D eigenvalue weighted by atomic mass is 16.6. The SMILES string of the molecule is CCCCCCCCCC(N)C(=O)[C@H](C)NC(=O)[C@H](C)NC(=O)OC(C)(C)C. The molecule has 164 valence electrons. The molecule has 0 aromatic carbocycles. The number of carbonyl (C=O) groups is 3. The van der Waals surface area contributed by atoms with Crippen molar-refractivity contribution >= 4 is 17.8 Å². The maximum atomic E-state index is 12.4. The van der Waals surface area contributed by atoms with Crippen molar-refractivity contribution in [1.29, 1.82) is 0 Å². The van der Waals surface area contributed by atoms with Crippen LogP contribution in [0.25, 0.3) is 0 Å². The number of amides is 2. The topological polar surface area (TPSA) is 111 Å². The third-order valence-corrected chi connectivity index (χ3v) is 4.40. The Balaban J connectivity index is 4.19. The highest BCUT2D eigenvalue weighted by Crippen LogP contribution is 2.10. The van der Waals surface area contributed by atoms with Crippen LogP contribution in [0.3, 0.4) is 0 Å². The van der Waals surface area contributed by atoms with Crippen molar-refractivity contribution in [1.82, 2.24) is 10.6 Å². The van der Waals surface area contributed by atoms with Gasteiger partial charge in [0.2, 0.25) is 5.91 Å². The molecule has 0 aromatic heterocycles. The molecule has 1 unspecified atom stereocenters.